The second-order valence-corrected chi connectivity index (χ2v) is 6.10. The van der Waals surface area contributed by atoms with Crippen LogP contribution >= 0.6 is 23.6 Å². The summed E-state index contributed by atoms with van der Waals surface area (Å²) < 4.78 is 0. The minimum absolute atomic E-state index is 0.397. The molecule has 0 aliphatic carbocycles. The largest absolute Gasteiger partial charge is 0.389 e. The van der Waals surface area contributed by atoms with Gasteiger partial charge in [-0.2, -0.15) is 0 Å². The third-order valence-corrected chi connectivity index (χ3v) is 4.41. The lowest BCUT2D eigenvalue weighted by Crippen LogP contribution is -2.32. The number of thiocarbonyl (C=S) groups is 1. The number of benzene rings is 1. The summed E-state index contributed by atoms with van der Waals surface area (Å²) in [5.74, 6) is 0. The highest BCUT2D eigenvalue weighted by Crippen LogP contribution is 2.23. The molecule has 4 heteroatoms. The molecule has 0 fully saturated rings. The van der Waals surface area contributed by atoms with Crippen molar-refractivity contribution in [3.8, 4) is 0 Å². The van der Waals surface area contributed by atoms with E-state index in [1.54, 1.807) is 11.3 Å². The summed E-state index contributed by atoms with van der Waals surface area (Å²) in [6, 6.07) is 12.7. The highest BCUT2D eigenvalue weighted by atomic mass is 32.1. The Balaban J connectivity index is 2.19. The zero-order chi connectivity index (χ0) is 13.8. The van der Waals surface area contributed by atoms with Gasteiger partial charge in [0.2, 0.25) is 0 Å². The monoisotopic (exact) mass is 290 g/mol. The summed E-state index contributed by atoms with van der Waals surface area (Å²) in [7, 11) is 2.09. The second kappa shape index (κ2) is 6.17. The summed E-state index contributed by atoms with van der Waals surface area (Å²) in [6.45, 7) is 2.22. The molecule has 2 rings (SSSR count). The summed E-state index contributed by atoms with van der Waals surface area (Å²) >= 11 is 6.92. The van der Waals surface area contributed by atoms with Gasteiger partial charge in [0, 0.05) is 35.6 Å². The molecule has 1 unspecified atom stereocenters. The zero-order valence-corrected chi connectivity index (χ0v) is 12.8. The van der Waals surface area contributed by atoms with E-state index < -0.39 is 0 Å². The minimum atomic E-state index is 0.397. The van der Waals surface area contributed by atoms with E-state index in [9.17, 15) is 0 Å². The van der Waals surface area contributed by atoms with E-state index in [-0.39, 0.29) is 0 Å². The number of nitrogens with two attached hydrogens (primary N) is 1. The Morgan fingerprint density at radius 1 is 1.32 bits per heavy atom. The molecular weight excluding hydrogens is 272 g/mol. The van der Waals surface area contributed by atoms with Gasteiger partial charge in [-0.1, -0.05) is 30.4 Å². The molecule has 0 radical (unpaired) electrons. The Kier molecular flexibility index (Phi) is 4.56. The molecule has 0 bridgehead atoms. The predicted octanol–water partition coefficient (Wildman–Crippen LogP) is 3.45. The molecule has 1 aromatic carbocycles. The molecule has 100 valence electrons. The molecule has 19 heavy (non-hydrogen) atoms. The van der Waals surface area contributed by atoms with E-state index >= 15 is 0 Å². The van der Waals surface area contributed by atoms with Crippen molar-refractivity contribution >= 4 is 34.2 Å². The Hall–Kier alpha value is -1.39. The molecule has 0 aliphatic heterocycles. The van der Waals surface area contributed by atoms with Crippen LogP contribution in [0.4, 0.5) is 5.69 Å². The number of likely N-dealkylation sites (N-methyl/N-ethyl adjacent to an activating group) is 1. The maximum atomic E-state index is 5.80. The Morgan fingerprint density at radius 3 is 2.68 bits per heavy atom. The maximum Gasteiger partial charge on any atom is 0.106 e. The number of rotatable bonds is 5. The highest BCUT2D eigenvalue weighted by molar-refractivity contribution is 7.80. The minimum Gasteiger partial charge on any atom is -0.389 e. The number of hydrogen-bond acceptors (Lipinski definition) is 3. The summed E-state index contributed by atoms with van der Waals surface area (Å²) in [4.78, 5) is 4.09. The van der Waals surface area contributed by atoms with E-state index in [0.29, 0.717) is 11.0 Å². The first kappa shape index (κ1) is 14.0. The fourth-order valence-corrected chi connectivity index (χ4v) is 3.08. The molecule has 1 heterocycles. The number of nitrogens with zero attached hydrogens (tertiary/aromatic N) is 1. The van der Waals surface area contributed by atoms with Crippen molar-refractivity contribution in [2.45, 2.75) is 19.4 Å². The highest BCUT2D eigenvalue weighted by Gasteiger charge is 2.15. The van der Waals surface area contributed by atoms with Crippen LogP contribution < -0.4 is 10.6 Å². The van der Waals surface area contributed by atoms with Gasteiger partial charge in [0.15, 0.2) is 0 Å². The van der Waals surface area contributed by atoms with Crippen LogP contribution in [0.25, 0.3) is 0 Å². The van der Waals surface area contributed by atoms with Gasteiger partial charge in [-0.05, 0) is 30.5 Å². The summed E-state index contributed by atoms with van der Waals surface area (Å²) in [6.07, 6.45) is 1.03. The van der Waals surface area contributed by atoms with Crippen molar-refractivity contribution in [1.29, 1.82) is 0 Å². The van der Waals surface area contributed by atoms with Crippen LogP contribution in [0.3, 0.4) is 0 Å². The van der Waals surface area contributed by atoms with Gasteiger partial charge in [0.1, 0.15) is 4.99 Å². The van der Waals surface area contributed by atoms with Crippen LogP contribution in [0.15, 0.2) is 41.8 Å². The quantitative estimate of drug-likeness (QED) is 0.855. The van der Waals surface area contributed by atoms with Crippen LogP contribution in [0.2, 0.25) is 0 Å². The Morgan fingerprint density at radius 2 is 2.05 bits per heavy atom. The lowest BCUT2D eigenvalue weighted by molar-refractivity contribution is 0.688. The van der Waals surface area contributed by atoms with Crippen molar-refractivity contribution in [2.75, 3.05) is 11.9 Å². The van der Waals surface area contributed by atoms with Gasteiger partial charge >= 0.3 is 0 Å². The van der Waals surface area contributed by atoms with Crippen LogP contribution in [0, 0.1) is 0 Å². The maximum absolute atomic E-state index is 5.80. The number of hydrogen-bond donors (Lipinski definition) is 1. The smallest absolute Gasteiger partial charge is 0.106 e. The molecule has 0 saturated carbocycles. The van der Waals surface area contributed by atoms with E-state index in [2.05, 4.69) is 42.5 Å². The average molecular weight is 290 g/mol. The Bertz CT molecular complexity index is 549. The topological polar surface area (TPSA) is 29.3 Å². The van der Waals surface area contributed by atoms with Crippen LogP contribution in [0.1, 0.15) is 17.4 Å². The lowest BCUT2D eigenvalue weighted by atomic mass is 10.1. The molecule has 0 spiro atoms. The van der Waals surface area contributed by atoms with Gasteiger partial charge < -0.3 is 10.6 Å². The van der Waals surface area contributed by atoms with Crippen molar-refractivity contribution < 1.29 is 0 Å². The van der Waals surface area contributed by atoms with Crippen molar-refractivity contribution in [1.82, 2.24) is 0 Å². The van der Waals surface area contributed by atoms with Crippen LogP contribution in [0.5, 0.6) is 0 Å². The van der Waals surface area contributed by atoms with Crippen molar-refractivity contribution in [3.63, 3.8) is 0 Å². The third kappa shape index (κ3) is 3.33. The predicted molar refractivity (Wildman–Crippen MR) is 88.2 cm³/mol. The van der Waals surface area contributed by atoms with Crippen LogP contribution in [-0.2, 0) is 6.42 Å². The fraction of sp³-hybridized carbons (Fsp3) is 0.267. The van der Waals surface area contributed by atoms with Gasteiger partial charge in [-0.15, -0.1) is 11.3 Å². The molecule has 1 aromatic heterocycles. The average Bonchev–Trinajstić information content (AvgIpc) is 2.90. The first-order valence-electron chi connectivity index (χ1n) is 6.23. The van der Waals surface area contributed by atoms with E-state index in [0.717, 1.165) is 17.7 Å². The summed E-state index contributed by atoms with van der Waals surface area (Å²) in [5, 5.41) is 2.12. The number of thiophene rings is 1. The van der Waals surface area contributed by atoms with Gasteiger partial charge in [0.05, 0.1) is 0 Å². The lowest BCUT2D eigenvalue weighted by Gasteiger charge is -2.28. The van der Waals surface area contributed by atoms with Gasteiger partial charge in [-0.3, -0.25) is 0 Å². The summed E-state index contributed by atoms with van der Waals surface area (Å²) in [5.41, 5.74) is 7.83. The van der Waals surface area contributed by atoms with E-state index in [1.165, 1.54) is 4.88 Å². The molecule has 0 aliphatic rings. The van der Waals surface area contributed by atoms with Gasteiger partial charge in [-0.25, -0.2) is 0 Å². The molecule has 0 saturated heterocycles. The first-order chi connectivity index (χ1) is 9.09. The normalized spacial score (nSPS) is 12.1. The first-order valence-corrected chi connectivity index (χ1v) is 7.52. The Labute approximate surface area is 123 Å². The van der Waals surface area contributed by atoms with E-state index in [1.807, 2.05) is 18.2 Å². The van der Waals surface area contributed by atoms with Crippen molar-refractivity contribution in [3.05, 3.63) is 52.2 Å². The standard InChI is InChI=1S/C15H18N2S2/c1-11(10-12-6-5-9-19-12)17(2)14-8-4-3-7-13(14)15(16)18/h3-9,11H,10H2,1-2H3,(H2,16,18). The third-order valence-electron chi connectivity index (χ3n) is 3.29. The molecule has 0 amide bonds. The van der Waals surface area contributed by atoms with Gasteiger partial charge in [0.25, 0.3) is 0 Å². The number of para-hydroxylation sites is 1. The fourth-order valence-electron chi connectivity index (χ4n) is 2.08. The van der Waals surface area contributed by atoms with Crippen molar-refractivity contribution in [2.24, 2.45) is 5.73 Å². The van der Waals surface area contributed by atoms with E-state index in [4.69, 9.17) is 18.0 Å². The van der Waals surface area contributed by atoms with Crippen LogP contribution in [-0.4, -0.2) is 18.1 Å². The molecular formula is C15H18N2S2. The molecule has 2 aromatic rings. The SMILES string of the molecule is CC(Cc1cccs1)N(C)c1ccccc1C(N)=S. The second-order valence-electron chi connectivity index (χ2n) is 4.62. The molecule has 2 nitrogen and oxygen atoms in total. The molecule has 1 atom stereocenters. The molecule has 2 N–H and O–H groups in total. The zero-order valence-electron chi connectivity index (χ0n) is 11.2. The number of anilines is 1.